The van der Waals surface area contributed by atoms with E-state index in [1.54, 1.807) is 13.2 Å². The number of methoxy groups -OCH3 is 1. The fraction of sp³-hybridized carbons (Fsp3) is 0.429. The predicted octanol–water partition coefficient (Wildman–Crippen LogP) is 4.70. The van der Waals surface area contributed by atoms with Crippen LogP contribution in [0.1, 0.15) is 49.2 Å². The molecule has 1 amide bonds. The quantitative estimate of drug-likeness (QED) is 0.783. The number of nitrogens with one attached hydrogen (secondary N) is 2. The topological polar surface area (TPSA) is 67.0 Å². The van der Waals surface area contributed by atoms with Crippen LogP contribution in [0.2, 0.25) is 5.02 Å². The molecule has 1 saturated carbocycles. The van der Waals surface area contributed by atoms with Gasteiger partial charge in [0.05, 0.1) is 12.3 Å². The van der Waals surface area contributed by atoms with E-state index in [1.807, 2.05) is 18.2 Å². The summed E-state index contributed by atoms with van der Waals surface area (Å²) in [6.45, 7) is 4.83. The Morgan fingerprint density at radius 2 is 2.26 bits per heavy atom. The number of rotatable bonds is 5. The van der Waals surface area contributed by atoms with Gasteiger partial charge in [0.15, 0.2) is 5.69 Å². The van der Waals surface area contributed by atoms with E-state index in [4.69, 9.17) is 16.3 Å². The number of nitrogens with zero attached hydrogens (tertiary/aromatic N) is 1. The van der Waals surface area contributed by atoms with Gasteiger partial charge in [-0.05, 0) is 55.9 Å². The molecule has 2 bridgehead atoms. The molecular formula is C21H24ClN3O2. The number of amides is 1. The van der Waals surface area contributed by atoms with Crippen LogP contribution >= 0.6 is 11.6 Å². The second-order valence-corrected chi connectivity index (χ2v) is 8.33. The van der Waals surface area contributed by atoms with E-state index in [9.17, 15) is 4.79 Å². The van der Waals surface area contributed by atoms with E-state index in [0.717, 1.165) is 35.4 Å². The first kappa shape index (κ1) is 18.3. The van der Waals surface area contributed by atoms with Crippen molar-refractivity contribution in [1.82, 2.24) is 15.5 Å². The average Bonchev–Trinajstić information content (AvgIpc) is 3.33. The summed E-state index contributed by atoms with van der Waals surface area (Å²) in [4.78, 5) is 12.8. The molecule has 0 saturated heterocycles. The Balaban J connectivity index is 1.55. The number of carbonyl (C=O) groups excluding carboxylic acids is 1. The lowest BCUT2D eigenvalue weighted by atomic mass is 9.85. The van der Waals surface area contributed by atoms with Gasteiger partial charge in [0, 0.05) is 28.8 Å². The standard InChI is InChI=1S/C21H24ClN3O2/c1-12-14-6-7-21(2,10-14)19(12)23-20(26)18-9-17(24-25-18)13-4-5-16(22)15(8-13)11-27-3/h4-5,8-9,14H,6-7,10-11H2,1-3H3,(H,23,26)(H,24,25). The van der Waals surface area contributed by atoms with Crippen LogP contribution in [0.25, 0.3) is 11.3 Å². The lowest BCUT2D eigenvalue weighted by Crippen LogP contribution is -2.31. The van der Waals surface area contributed by atoms with Crippen molar-refractivity contribution in [2.45, 2.75) is 39.7 Å². The molecule has 6 heteroatoms. The minimum Gasteiger partial charge on any atom is -0.380 e. The molecule has 0 radical (unpaired) electrons. The van der Waals surface area contributed by atoms with Crippen molar-refractivity contribution < 1.29 is 9.53 Å². The first-order chi connectivity index (χ1) is 12.9. The molecule has 27 heavy (non-hydrogen) atoms. The molecule has 1 fully saturated rings. The van der Waals surface area contributed by atoms with Crippen LogP contribution in [0.15, 0.2) is 35.5 Å². The number of allylic oxidation sites excluding steroid dienone is 2. The third-order valence-corrected chi connectivity index (χ3v) is 6.43. The Morgan fingerprint density at radius 3 is 2.96 bits per heavy atom. The minimum atomic E-state index is -0.160. The van der Waals surface area contributed by atoms with Crippen LogP contribution in [-0.2, 0) is 11.3 Å². The van der Waals surface area contributed by atoms with Crippen LogP contribution in [0, 0.1) is 11.3 Å². The van der Waals surface area contributed by atoms with Crippen molar-refractivity contribution in [3.8, 4) is 11.3 Å². The Kier molecular flexibility index (Phi) is 4.60. The van der Waals surface area contributed by atoms with Gasteiger partial charge >= 0.3 is 0 Å². The molecule has 2 atom stereocenters. The van der Waals surface area contributed by atoms with Crippen molar-refractivity contribution in [2.75, 3.05) is 7.11 Å². The number of ether oxygens (including phenoxy) is 1. The smallest absolute Gasteiger partial charge is 0.275 e. The molecule has 2 aromatic rings. The Hall–Kier alpha value is -2.11. The minimum absolute atomic E-state index is 0.106. The summed E-state index contributed by atoms with van der Waals surface area (Å²) in [6.07, 6.45) is 3.52. The van der Waals surface area contributed by atoms with E-state index < -0.39 is 0 Å². The lowest BCUT2D eigenvalue weighted by molar-refractivity contribution is 0.0951. The molecule has 1 aromatic carbocycles. The second-order valence-electron chi connectivity index (χ2n) is 7.92. The molecule has 5 nitrogen and oxygen atoms in total. The maximum absolute atomic E-state index is 12.8. The highest BCUT2D eigenvalue weighted by Crippen LogP contribution is 2.55. The summed E-state index contributed by atoms with van der Waals surface area (Å²) in [5.74, 6) is 0.458. The molecule has 142 valence electrons. The fourth-order valence-electron chi connectivity index (χ4n) is 4.54. The van der Waals surface area contributed by atoms with Crippen molar-refractivity contribution in [2.24, 2.45) is 11.3 Å². The molecule has 4 rings (SSSR count). The summed E-state index contributed by atoms with van der Waals surface area (Å²) in [5, 5.41) is 11.0. The number of benzene rings is 1. The van der Waals surface area contributed by atoms with Gasteiger partial charge in [-0.15, -0.1) is 0 Å². The van der Waals surface area contributed by atoms with Crippen LogP contribution in [0.4, 0.5) is 0 Å². The van der Waals surface area contributed by atoms with E-state index in [-0.39, 0.29) is 11.3 Å². The zero-order valence-electron chi connectivity index (χ0n) is 15.9. The molecule has 2 aliphatic rings. The van der Waals surface area contributed by atoms with Gasteiger partial charge in [-0.1, -0.05) is 30.2 Å². The normalized spacial score (nSPS) is 23.9. The average molecular weight is 386 g/mol. The maximum Gasteiger partial charge on any atom is 0.275 e. The number of halogens is 1. The largest absolute Gasteiger partial charge is 0.380 e. The molecule has 1 aromatic heterocycles. The number of fused-ring (bicyclic) bond motifs is 2. The van der Waals surface area contributed by atoms with Gasteiger partial charge in [0.2, 0.25) is 0 Å². The van der Waals surface area contributed by atoms with Crippen LogP contribution < -0.4 is 5.32 Å². The van der Waals surface area contributed by atoms with E-state index in [2.05, 4.69) is 29.4 Å². The van der Waals surface area contributed by atoms with Crippen LogP contribution in [-0.4, -0.2) is 23.2 Å². The molecule has 0 spiro atoms. The molecule has 2 aliphatic carbocycles. The van der Waals surface area contributed by atoms with Gasteiger partial charge in [-0.3, -0.25) is 9.89 Å². The molecular weight excluding hydrogens is 362 g/mol. The summed E-state index contributed by atoms with van der Waals surface area (Å²) in [5.41, 5.74) is 5.51. The summed E-state index contributed by atoms with van der Waals surface area (Å²) in [7, 11) is 1.63. The van der Waals surface area contributed by atoms with Gasteiger partial charge < -0.3 is 10.1 Å². The summed E-state index contributed by atoms with van der Waals surface area (Å²) < 4.78 is 5.18. The highest BCUT2D eigenvalue weighted by Gasteiger charge is 2.46. The van der Waals surface area contributed by atoms with E-state index in [1.165, 1.54) is 12.0 Å². The number of hydrogen-bond donors (Lipinski definition) is 2. The molecule has 1 heterocycles. The first-order valence-electron chi connectivity index (χ1n) is 9.27. The number of aromatic amines is 1. The number of carbonyl (C=O) groups is 1. The summed E-state index contributed by atoms with van der Waals surface area (Å²) in [6, 6.07) is 7.46. The highest BCUT2D eigenvalue weighted by atomic mass is 35.5. The lowest BCUT2D eigenvalue weighted by Gasteiger charge is -2.27. The van der Waals surface area contributed by atoms with Crippen molar-refractivity contribution in [1.29, 1.82) is 0 Å². The van der Waals surface area contributed by atoms with Crippen LogP contribution in [0.5, 0.6) is 0 Å². The van der Waals surface area contributed by atoms with Crippen molar-refractivity contribution in [3.63, 3.8) is 0 Å². The molecule has 0 aliphatic heterocycles. The highest BCUT2D eigenvalue weighted by molar-refractivity contribution is 6.31. The third kappa shape index (κ3) is 3.19. The summed E-state index contributed by atoms with van der Waals surface area (Å²) >= 11 is 6.20. The Morgan fingerprint density at radius 1 is 1.44 bits per heavy atom. The van der Waals surface area contributed by atoms with Crippen molar-refractivity contribution in [3.05, 3.63) is 51.8 Å². The van der Waals surface area contributed by atoms with Gasteiger partial charge in [0.1, 0.15) is 0 Å². The monoisotopic (exact) mass is 385 g/mol. The number of hydrogen-bond acceptors (Lipinski definition) is 3. The fourth-order valence-corrected chi connectivity index (χ4v) is 4.71. The van der Waals surface area contributed by atoms with E-state index >= 15 is 0 Å². The zero-order valence-corrected chi connectivity index (χ0v) is 16.6. The van der Waals surface area contributed by atoms with E-state index in [0.29, 0.717) is 23.2 Å². The SMILES string of the molecule is COCc1cc(-c2cc(C(=O)NC3=C(C)C4CCC3(C)C4)n[nH]2)ccc1Cl. The Labute approximate surface area is 164 Å². The number of aromatic nitrogens is 2. The zero-order chi connectivity index (χ0) is 19.2. The second kappa shape index (κ2) is 6.80. The third-order valence-electron chi connectivity index (χ3n) is 6.06. The van der Waals surface area contributed by atoms with Gasteiger partial charge in [0.25, 0.3) is 5.91 Å². The Bertz CT molecular complexity index is 933. The maximum atomic E-state index is 12.8. The van der Waals surface area contributed by atoms with Gasteiger partial charge in [-0.25, -0.2) is 0 Å². The molecule has 2 unspecified atom stereocenters. The molecule has 2 N–H and O–H groups in total. The first-order valence-corrected chi connectivity index (χ1v) is 9.65. The van der Waals surface area contributed by atoms with Crippen LogP contribution in [0.3, 0.4) is 0 Å². The van der Waals surface area contributed by atoms with Gasteiger partial charge in [-0.2, -0.15) is 5.10 Å². The predicted molar refractivity (Wildman–Crippen MR) is 105 cm³/mol. The van der Waals surface area contributed by atoms with Crippen molar-refractivity contribution >= 4 is 17.5 Å². The number of H-pyrrole nitrogens is 1.